The van der Waals surface area contributed by atoms with Crippen LogP contribution in [0.15, 0.2) is 54.6 Å². The van der Waals surface area contributed by atoms with Gasteiger partial charge in [0.1, 0.15) is 0 Å². The van der Waals surface area contributed by atoms with Crippen LogP contribution >= 0.6 is 0 Å². The third-order valence-electron chi connectivity index (χ3n) is 4.06. The predicted octanol–water partition coefficient (Wildman–Crippen LogP) is 2.00. The van der Waals surface area contributed by atoms with Crippen molar-refractivity contribution >= 4 is 14.5 Å². The first-order valence-electron chi connectivity index (χ1n) is 7.85. The van der Waals surface area contributed by atoms with E-state index in [1.807, 2.05) is 24.3 Å². The van der Waals surface area contributed by atoms with Crippen LogP contribution in [0.3, 0.4) is 0 Å². The number of methoxy groups -OCH3 is 2. The summed E-state index contributed by atoms with van der Waals surface area (Å²) in [6.45, 7) is 4.41. The van der Waals surface area contributed by atoms with Crippen molar-refractivity contribution in [3.63, 3.8) is 0 Å². The van der Waals surface area contributed by atoms with Gasteiger partial charge in [0, 0.05) is 0 Å². The molecular weight excluding hydrogens is 443 g/mol. The van der Waals surface area contributed by atoms with Gasteiger partial charge in [0.05, 0.1) is 0 Å². The molecule has 0 aliphatic carbocycles. The average Bonchev–Trinajstić information content (AvgIpc) is 2.62. The SMILES string of the molecule is COc1ccc(-c2[se+]c(-c3ccc(OC)cc3)c(C)cc2C)cc1.[Br-]. The monoisotopic (exact) mass is 464 g/mol. The number of benzene rings is 2. The van der Waals surface area contributed by atoms with Crippen LogP contribution in [-0.4, -0.2) is 28.7 Å². The molecule has 3 rings (SSSR count). The second kappa shape index (κ2) is 8.66. The molecule has 130 valence electrons. The number of aryl methyl sites for hydroxylation is 2. The molecule has 0 bridgehead atoms. The van der Waals surface area contributed by atoms with Crippen molar-refractivity contribution in [2.24, 2.45) is 0 Å². The van der Waals surface area contributed by atoms with Crippen LogP contribution in [0.5, 0.6) is 11.5 Å². The fourth-order valence-corrected chi connectivity index (χ4v) is 5.19. The fraction of sp³-hybridized carbons (Fsp3) is 0.190. The number of hydrogen-bond acceptors (Lipinski definition) is 2. The van der Waals surface area contributed by atoms with Crippen molar-refractivity contribution in [3.8, 4) is 31.5 Å². The largest absolute Gasteiger partial charge is 1.00 e. The van der Waals surface area contributed by atoms with E-state index < -0.39 is 0 Å². The van der Waals surface area contributed by atoms with E-state index in [9.17, 15) is 0 Å². The van der Waals surface area contributed by atoms with Gasteiger partial charge in [-0.15, -0.1) is 0 Å². The van der Waals surface area contributed by atoms with Crippen molar-refractivity contribution in [3.05, 3.63) is 65.7 Å². The van der Waals surface area contributed by atoms with Gasteiger partial charge in [0.15, 0.2) is 0 Å². The molecule has 0 saturated carbocycles. The van der Waals surface area contributed by atoms with Crippen LogP contribution in [0.2, 0.25) is 0 Å². The molecule has 0 N–H and O–H groups in total. The van der Waals surface area contributed by atoms with E-state index in [0.717, 1.165) is 11.5 Å². The first-order valence-corrected chi connectivity index (χ1v) is 9.57. The van der Waals surface area contributed by atoms with Gasteiger partial charge in [-0.05, 0) is 0 Å². The molecule has 0 saturated heterocycles. The summed E-state index contributed by atoms with van der Waals surface area (Å²) in [4.78, 5) is 0. The number of ether oxygens (including phenoxy) is 2. The van der Waals surface area contributed by atoms with Gasteiger partial charge >= 0.3 is 149 Å². The molecule has 0 fully saturated rings. The molecule has 3 aromatic rings. The fourth-order valence-electron chi connectivity index (χ4n) is 2.78. The van der Waals surface area contributed by atoms with Gasteiger partial charge in [-0.3, -0.25) is 0 Å². The van der Waals surface area contributed by atoms with E-state index in [2.05, 4.69) is 44.2 Å². The molecule has 4 heteroatoms. The Labute approximate surface area is 166 Å². The number of hydrogen-bond donors (Lipinski definition) is 0. The van der Waals surface area contributed by atoms with Crippen molar-refractivity contribution in [1.29, 1.82) is 0 Å². The molecule has 1 aromatic heterocycles. The van der Waals surface area contributed by atoms with Crippen molar-refractivity contribution in [2.75, 3.05) is 14.2 Å². The Balaban J connectivity index is 0.00000225. The summed E-state index contributed by atoms with van der Waals surface area (Å²) < 4.78 is 13.4. The number of rotatable bonds is 4. The Morgan fingerprint density at radius 1 is 0.640 bits per heavy atom. The van der Waals surface area contributed by atoms with Crippen LogP contribution in [0.25, 0.3) is 20.0 Å². The van der Waals surface area contributed by atoms with Gasteiger partial charge in [0.25, 0.3) is 0 Å². The van der Waals surface area contributed by atoms with E-state index in [1.54, 1.807) is 14.2 Å². The average molecular weight is 464 g/mol. The Hall–Kier alpha value is -1.61. The molecule has 25 heavy (non-hydrogen) atoms. The minimum absolute atomic E-state index is 0. The Kier molecular flexibility index (Phi) is 6.83. The second-order valence-electron chi connectivity index (χ2n) is 5.73. The summed E-state index contributed by atoms with van der Waals surface area (Å²) >= 11 is 0.270. The molecule has 0 amide bonds. The van der Waals surface area contributed by atoms with Gasteiger partial charge in [-0.2, -0.15) is 0 Å². The molecule has 0 radical (unpaired) electrons. The Bertz CT molecular complexity index is 774. The summed E-state index contributed by atoms with van der Waals surface area (Å²) in [7, 11) is 3.40. The summed E-state index contributed by atoms with van der Waals surface area (Å²) in [5, 5.41) is 0. The van der Waals surface area contributed by atoms with Crippen LogP contribution < -0.4 is 26.5 Å². The Morgan fingerprint density at radius 3 is 1.32 bits per heavy atom. The Morgan fingerprint density at radius 2 is 1.00 bits per heavy atom. The third-order valence-corrected chi connectivity index (χ3v) is 7.25. The second-order valence-corrected chi connectivity index (χ2v) is 7.87. The van der Waals surface area contributed by atoms with Gasteiger partial charge in [0.2, 0.25) is 0 Å². The van der Waals surface area contributed by atoms with Crippen molar-refractivity contribution < 1.29 is 26.5 Å². The molecule has 1 heterocycles. The van der Waals surface area contributed by atoms with Crippen LogP contribution in [0, 0.1) is 13.8 Å². The van der Waals surface area contributed by atoms with E-state index in [-0.39, 0.29) is 31.5 Å². The maximum atomic E-state index is 5.27. The standard InChI is InChI=1S/C21H21O2Se.BrH/c1-14-13-15(2)21(17-7-11-19(23-4)12-8-17)24-20(14)16-5-9-18(22-3)10-6-16;/h5-13H,1-4H3;1H/q+1;/p-1. The quantitative estimate of drug-likeness (QED) is 0.551. The minimum atomic E-state index is 0. The zero-order valence-electron chi connectivity index (χ0n) is 14.8. The molecular formula is C21H21BrO2Se. The van der Waals surface area contributed by atoms with Crippen LogP contribution in [0.4, 0.5) is 0 Å². The zero-order chi connectivity index (χ0) is 17.1. The van der Waals surface area contributed by atoms with Gasteiger partial charge < -0.3 is 17.0 Å². The maximum Gasteiger partial charge on any atom is -1.00 e. The molecule has 0 atom stereocenters. The minimum Gasteiger partial charge on any atom is -1.00 e. The van der Waals surface area contributed by atoms with E-state index >= 15 is 0 Å². The summed E-state index contributed by atoms with van der Waals surface area (Å²) in [5.41, 5.74) is 5.27. The molecule has 0 aliphatic rings. The maximum absolute atomic E-state index is 5.27. The van der Waals surface area contributed by atoms with Gasteiger partial charge in [-0.1, -0.05) is 0 Å². The topological polar surface area (TPSA) is 18.5 Å². The normalized spacial score (nSPS) is 10.1. The predicted molar refractivity (Wildman–Crippen MR) is 101 cm³/mol. The first-order chi connectivity index (χ1) is 11.6. The van der Waals surface area contributed by atoms with Crippen LogP contribution in [-0.2, 0) is 0 Å². The summed E-state index contributed by atoms with van der Waals surface area (Å²) in [6.07, 6.45) is 0. The molecule has 0 unspecified atom stereocenters. The smallest absolute Gasteiger partial charge is 1.00 e. The van der Waals surface area contributed by atoms with Gasteiger partial charge in [-0.25, -0.2) is 0 Å². The third kappa shape index (κ3) is 4.33. The number of halogens is 1. The molecule has 2 aromatic carbocycles. The molecule has 0 aliphatic heterocycles. The zero-order valence-corrected chi connectivity index (χ0v) is 18.1. The molecule has 2 nitrogen and oxygen atoms in total. The van der Waals surface area contributed by atoms with Crippen molar-refractivity contribution in [1.82, 2.24) is 0 Å². The van der Waals surface area contributed by atoms with E-state index in [0.29, 0.717) is 0 Å². The van der Waals surface area contributed by atoms with E-state index in [4.69, 9.17) is 9.47 Å². The first kappa shape index (κ1) is 19.7. The summed E-state index contributed by atoms with van der Waals surface area (Å²) in [6, 6.07) is 19.0. The summed E-state index contributed by atoms with van der Waals surface area (Å²) in [5.74, 6) is 1.79. The van der Waals surface area contributed by atoms with Crippen LogP contribution in [0.1, 0.15) is 11.1 Å². The van der Waals surface area contributed by atoms with E-state index in [1.165, 1.54) is 31.1 Å². The van der Waals surface area contributed by atoms with Crippen molar-refractivity contribution in [2.45, 2.75) is 13.8 Å². The molecule has 0 spiro atoms.